The molecule has 0 atom stereocenters. The van der Waals surface area contributed by atoms with E-state index in [9.17, 15) is 9.59 Å². The van der Waals surface area contributed by atoms with Crippen LogP contribution in [0, 0.1) is 6.92 Å². The minimum Gasteiger partial charge on any atom is -0.459 e. The van der Waals surface area contributed by atoms with Gasteiger partial charge in [0.1, 0.15) is 0 Å². The molecule has 0 aliphatic carbocycles. The molecule has 1 fully saturated rings. The van der Waals surface area contributed by atoms with Crippen molar-refractivity contribution in [2.24, 2.45) is 0 Å². The van der Waals surface area contributed by atoms with E-state index >= 15 is 0 Å². The highest BCUT2D eigenvalue weighted by Gasteiger charge is 2.17. The molecule has 1 aliphatic rings. The Hall–Kier alpha value is -2.80. The van der Waals surface area contributed by atoms with Crippen LogP contribution in [0.3, 0.4) is 0 Å². The largest absolute Gasteiger partial charge is 0.459 e. The van der Waals surface area contributed by atoms with Gasteiger partial charge >= 0.3 is 0 Å². The second kappa shape index (κ2) is 9.41. The van der Waals surface area contributed by atoms with Crippen molar-refractivity contribution in [2.45, 2.75) is 20.3 Å². The molecule has 2 N–H and O–H groups in total. The van der Waals surface area contributed by atoms with Crippen molar-refractivity contribution in [3.8, 4) is 0 Å². The molecule has 1 aromatic carbocycles. The van der Waals surface area contributed by atoms with Crippen LogP contribution >= 0.6 is 0 Å². The van der Waals surface area contributed by atoms with Gasteiger partial charge in [0.2, 0.25) is 5.91 Å². The maximum Gasteiger partial charge on any atom is 0.286 e. The zero-order chi connectivity index (χ0) is 19.9. The van der Waals surface area contributed by atoms with Gasteiger partial charge < -0.3 is 24.9 Å². The van der Waals surface area contributed by atoms with E-state index < -0.39 is 0 Å². The molecule has 0 unspecified atom stereocenters. The van der Waals surface area contributed by atoms with Gasteiger partial charge in [0, 0.05) is 50.5 Å². The van der Waals surface area contributed by atoms with Crippen molar-refractivity contribution < 1.29 is 14.0 Å². The van der Waals surface area contributed by atoms with Crippen LogP contribution in [0.25, 0.3) is 0 Å². The van der Waals surface area contributed by atoms with Crippen LogP contribution in [-0.4, -0.2) is 56.0 Å². The molecule has 28 heavy (non-hydrogen) atoms. The molecule has 150 valence electrons. The Morgan fingerprint density at radius 1 is 1.14 bits per heavy atom. The van der Waals surface area contributed by atoms with Crippen molar-refractivity contribution in [3.63, 3.8) is 0 Å². The minimum atomic E-state index is -0.318. The highest BCUT2D eigenvalue weighted by Crippen LogP contribution is 2.24. The van der Waals surface area contributed by atoms with Gasteiger partial charge in [0.15, 0.2) is 5.76 Å². The van der Waals surface area contributed by atoms with Gasteiger partial charge in [-0.15, -0.1) is 0 Å². The van der Waals surface area contributed by atoms with Gasteiger partial charge in [-0.3, -0.25) is 9.59 Å². The van der Waals surface area contributed by atoms with Gasteiger partial charge in [-0.2, -0.15) is 0 Å². The molecule has 0 bridgehead atoms. The Balaban J connectivity index is 1.47. The Morgan fingerprint density at radius 2 is 1.93 bits per heavy atom. The highest BCUT2D eigenvalue weighted by molar-refractivity contribution is 5.93. The van der Waals surface area contributed by atoms with Crippen LogP contribution in [0.2, 0.25) is 0 Å². The summed E-state index contributed by atoms with van der Waals surface area (Å²) in [6.07, 6.45) is 1.64. The van der Waals surface area contributed by atoms with Gasteiger partial charge in [0.25, 0.3) is 5.91 Å². The fraction of sp³-hybridized carbons (Fsp3) is 0.429. The zero-order valence-electron chi connectivity index (χ0n) is 16.5. The number of amides is 2. The normalized spacial score (nSPS) is 14.7. The van der Waals surface area contributed by atoms with Crippen molar-refractivity contribution >= 4 is 23.2 Å². The highest BCUT2D eigenvalue weighted by atomic mass is 16.3. The number of carbonyl (C=O) groups is 2. The van der Waals surface area contributed by atoms with Crippen LogP contribution in [-0.2, 0) is 4.79 Å². The molecule has 0 spiro atoms. The van der Waals surface area contributed by atoms with Gasteiger partial charge in [-0.1, -0.05) is 6.92 Å². The standard InChI is InChI=1S/C21H28N4O3/c1-3-24-10-12-25(13-11-24)18-7-6-17(15-16(18)2)23-20(26)8-9-22-21(27)19-5-4-14-28-19/h4-7,14-15H,3,8-13H2,1-2H3,(H,22,27)(H,23,26). The smallest absolute Gasteiger partial charge is 0.286 e. The van der Waals surface area contributed by atoms with E-state index in [4.69, 9.17) is 4.42 Å². The summed E-state index contributed by atoms with van der Waals surface area (Å²) in [5.41, 5.74) is 3.14. The second-order valence-corrected chi connectivity index (χ2v) is 6.95. The van der Waals surface area contributed by atoms with E-state index in [0.717, 1.165) is 44.0 Å². The number of nitrogens with zero attached hydrogens (tertiary/aromatic N) is 2. The molecular weight excluding hydrogens is 356 g/mol. The summed E-state index contributed by atoms with van der Waals surface area (Å²) in [6, 6.07) is 9.25. The number of hydrogen-bond acceptors (Lipinski definition) is 5. The van der Waals surface area contributed by atoms with Crippen LogP contribution in [0.5, 0.6) is 0 Å². The molecule has 2 heterocycles. The molecular formula is C21H28N4O3. The van der Waals surface area contributed by atoms with Gasteiger partial charge in [-0.05, 0) is 49.4 Å². The van der Waals surface area contributed by atoms with E-state index in [0.29, 0.717) is 0 Å². The number of likely N-dealkylation sites (N-methyl/N-ethyl adjacent to an activating group) is 1. The number of aryl methyl sites for hydroxylation is 1. The summed E-state index contributed by atoms with van der Waals surface area (Å²) < 4.78 is 5.02. The minimum absolute atomic E-state index is 0.136. The van der Waals surface area contributed by atoms with Gasteiger partial charge in [0.05, 0.1) is 6.26 Å². The number of furan rings is 1. The lowest BCUT2D eigenvalue weighted by Gasteiger charge is -2.36. The lowest BCUT2D eigenvalue weighted by atomic mass is 10.1. The monoisotopic (exact) mass is 384 g/mol. The predicted octanol–water partition coefficient (Wildman–Crippen LogP) is 2.49. The average Bonchev–Trinajstić information content (AvgIpc) is 3.23. The van der Waals surface area contributed by atoms with Crippen molar-refractivity contribution in [1.29, 1.82) is 0 Å². The number of nitrogens with one attached hydrogen (secondary N) is 2. The third-order valence-electron chi connectivity index (χ3n) is 5.02. The van der Waals surface area contributed by atoms with Crippen LogP contribution in [0.4, 0.5) is 11.4 Å². The number of rotatable bonds is 7. The fourth-order valence-electron chi connectivity index (χ4n) is 3.40. The Bertz CT molecular complexity index is 796. The topological polar surface area (TPSA) is 77.8 Å². The summed E-state index contributed by atoms with van der Waals surface area (Å²) in [7, 11) is 0. The summed E-state index contributed by atoms with van der Waals surface area (Å²) >= 11 is 0. The molecule has 7 heteroatoms. The molecule has 7 nitrogen and oxygen atoms in total. The first kappa shape index (κ1) is 19.9. The molecule has 0 saturated carbocycles. The third kappa shape index (κ3) is 5.13. The van der Waals surface area contributed by atoms with E-state index in [1.54, 1.807) is 12.1 Å². The molecule has 3 rings (SSSR count). The number of anilines is 2. The van der Waals surface area contributed by atoms with Crippen LogP contribution < -0.4 is 15.5 Å². The number of piperazine rings is 1. The Kier molecular flexibility index (Phi) is 6.71. The van der Waals surface area contributed by atoms with Crippen LogP contribution in [0.1, 0.15) is 29.5 Å². The molecule has 1 aliphatic heterocycles. The molecule has 1 aromatic heterocycles. The molecule has 1 saturated heterocycles. The van der Waals surface area contributed by atoms with Crippen molar-refractivity contribution in [1.82, 2.24) is 10.2 Å². The molecule has 0 radical (unpaired) electrons. The number of carbonyl (C=O) groups excluding carboxylic acids is 2. The summed E-state index contributed by atoms with van der Waals surface area (Å²) in [5.74, 6) is -0.212. The van der Waals surface area contributed by atoms with Crippen LogP contribution in [0.15, 0.2) is 41.0 Å². The first-order chi connectivity index (χ1) is 13.6. The Labute approximate surface area is 165 Å². The summed E-state index contributed by atoms with van der Waals surface area (Å²) in [6.45, 7) is 9.83. The Morgan fingerprint density at radius 3 is 2.57 bits per heavy atom. The van der Waals surface area contributed by atoms with E-state index in [1.165, 1.54) is 12.0 Å². The first-order valence-corrected chi connectivity index (χ1v) is 9.76. The maximum atomic E-state index is 12.1. The molecule has 2 aromatic rings. The van der Waals surface area contributed by atoms with E-state index in [2.05, 4.69) is 40.3 Å². The quantitative estimate of drug-likeness (QED) is 0.767. The first-order valence-electron chi connectivity index (χ1n) is 9.76. The predicted molar refractivity (Wildman–Crippen MR) is 110 cm³/mol. The zero-order valence-corrected chi connectivity index (χ0v) is 16.5. The SMILES string of the molecule is CCN1CCN(c2ccc(NC(=O)CCNC(=O)c3ccco3)cc2C)CC1. The summed E-state index contributed by atoms with van der Waals surface area (Å²) in [5, 5.41) is 5.57. The van der Waals surface area contributed by atoms with Crippen molar-refractivity contribution in [3.05, 3.63) is 47.9 Å². The van der Waals surface area contributed by atoms with Crippen molar-refractivity contribution in [2.75, 3.05) is 49.5 Å². The third-order valence-corrected chi connectivity index (χ3v) is 5.02. The number of benzene rings is 1. The lowest BCUT2D eigenvalue weighted by molar-refractivity contribution is -0.116. The maximum absolute atomic E-state index is 12.1. The fourth-order valence-corrected chi connectivity index (χ4v) is 3.40. The lowest BCUT2D eigenvalue weighted by Crippen LogP contribution is -2.46. The molecule has 2 amide bonds. The van der Waals surface area contributed by atoms with E-state index in [-0.39, 0.29) is 30.5 Å². The summed E-state index contributed by atoms with van der Waals surface area (Å²) in [4.78, 5) is 28.8. The second-order valence-electron chi connectivity index (χ2n) is 6.95. The number of hydrogen-bond donors (Lipinski definition) is 2. The van der Waals surface area contributed by atoms with E-state index in [1.807, 2.05) is 12.1 Å². The van der Waals surface area contributed by atoms with Gasteiger partial charge in [-0.25, -0.2) is 0 Å². The average molecular weight is 384 g/mol.